The summed E-state index contributed by atoms with van der Waals surface area (Å²) in [5.74, 6) is 0.0774. The van der Waals surface area contributed by atoms with Crippen molar-refractivity contribution >= 4 is 11.9 Å². The van der Waals surface area contributed by atoms with Gasteiger partial charge in [-0.05, 0) is 48.2 Å². The number of carbonyl (C=O) groups is 2. The van der Waals surface area contributed by atoms with Crippen LogP contribution in [0, 0.1) is 11.8 Å². The molecule has 4 rings (SSSR count). The van der Waals surface area contributed by atoms with Gasteiger partial charge in [0.2, 0.25) is 13.6 Å². The molecule has 0 bridgehead atoms. The summed E-state index contributed by atoms with van der Waals surface area (Å²) in [5.41, 5.74) is 1.66. The van der Waals surface area contributed by atoms with Gasteiger partial charge in [0.15, 0.2) is 23.0 Å². The van der Waals surface area contributed by atoms with E-state index in [0.717, 1.165) is 11.1 Å². The Balaban J connectivity index is 1.61. The van der Waals surface area contributed by atoms with Gasteiger partial charge in [-0.25, -0.2) is 0 Å². The van der Waals surface area contributed by atoms with E-state index in [9.17, 15) is 9.59 Å². The van der Waals surface area contributed by atoms with Gasteiger partial charge in [-0.15, -0.1) is 0 Å². The fourth-order valence-corrected chi connectivity index (χ4v) is 3.73. The summed E-state index contributed by atoms with van der Waals surface area (Å²) in [6.07, 6.45) is 0.571. The predicted molar refractivity (Wildman–Crippen MR) is 104 cm³/mol. The summed E-state index contributed by atoms with van der Waals surface area (Å²) >= 11 is 0. The molecule has 30 heavy (non-hydrogen) atoms. The summed E-state index contributed by atoms with van der Waals surface area (Å²) in [5, 5.41) is 0. The predicted octanol–water partition coefficient (Wildman–Crippen LogP) is 2.51. The standard InChI is InChI=1S/C22H22O8/c1-25-21(23)15(7-13-3-5-17-19(9-13)29-11-27-17)16(22(24)26-2)8-14-4-6-18-20(10-14)30-12-28-18/h3-6,9-10,15-16H,7-8,11-12H2,1-2H3. The van der Waals surface area contributed by atoms with Gasteiger partial charge in [-0.1, -0.05) is 12.1 Å². The van der Waals surface area contributed by atoms with Crippen LogP contribution in [0.1, 0.15) is 11.1 Å². The van der Waals surface area contributed by atoms with Gasteiger partial charge < -0.3 is 28.4 Å². The van der Waals surface area contributed by atoms with Crippen LogP contribution in [-0.4, -0.2) is 39.7 Å². The number of fused-ring (bicyclic) bond motifs is 2. The Morgan fingerprint density at radius 3 is 1.53 bits per heavy atom. The molecule has 0 spiro atoms. The van der Waals surface area contributed by atoms with E-state index in [0.29, 0.717) is 23.0 Å². The van der Waals surface area contributed by atoms with E-state index in [1.165, 1.54) is 14.2 Å². The topological polar surface area (TPSA) is 89.5 Å². The number of methoxy groups -OCH3 is 2. The van der Waals surface area contributed by atoms with Crippen molar-refractivity contribution in [3.8, 4) is 23.0 Å². The van der Waals surface area contributed by atoms with E-state index in [1.807, 2.05) is 24.3 Å². The van der Waals surface area contributed by atoms with E-state index >= 15 is 0 Å². The third-order valence-electron chi connectivity index (χ3n) is 5.28. The third kappa shape index (κ3) is 3.98. The number of benzene rings is 2. The van der Waals surface area contributed by atoms with Gasteiger partial charge in [0.05, 0.1) is 26.1 Å². The number of carbonyl (C=O) groups excluding carboxylic acids is 2. The summed E-state index contributed by atoms with van der Waals surface area (Å²) in [4.78, 5) is 25.3. The van der Waals surface area contributed by atoms with Crippen molar-refractivity contribution in [2.75, 3.05) is 27.8 Å². The van der Waals surface area contributed by atoms with Crippen LogP contribution >= 0.6 is 0 Å². The average molecular weight is 414 g/mol. The molecular formula is C22H22O8. The lowest BCUT2D eigenvalue weighted by Gasteiger charge is -2.23. The Kier molecular flexibility index (Phi) is 5.65. The Morgan fingerprint density at radius 2 is 1.13 bits per heavy atom. The number of ether oxygens (including phenoxy) is 6. The highest BCUT2D eigenvalue weighted by molar-refractivity contribution is 5.82. The third-order valence-corrected chi connectivity index (χ3v) is 5.28. The second-order valence-corrected chi connectivity index (χ2v) is 7.04. The van der Waals surface area contributed by atoms with Gasteiger partial charge in [0.1, 0.15) is 0 Å². The zero-order valence-electron chi connectivity index (χ0n) is 16.7. The molecule has 0 amide bonds. The molecule has 158 valence electrons. The van der Waals surface area contributed by atoms with Crippen LogP contribution in [-0.2, 0) is 31.9 Å². The largest absolute Gasteiger partial charge is 0.469 e. The van der Waals surface area contributed by atoms with Crippen LogP contribution in [0.3, 0.4) is 0 Å². The van der Waals surface area contributed by atoms with Gasteiger partial charge >= 0.3 is 11.9 Å². The minimum absolute atomic E-state index is 0.161. The highest BCUT2D eigenvalue weighted by Gasteiger charge is 2.36. The fourth-order valence-electron chi connectivity index (χ4n) is 3.73. The molecule has 2 heterocycles. The second kappa shape index (κ2) is 8.52. The van der Waals surface area contributed by atoms with E-state index < -0.39 is 23.8 Å². The molecule has 2 aromatic carbocycles. The van der Waals surface area contributed by atoms with E-state index in [2.05, 4.69) is 0 Å². The Labute approximate surface area is 173 Å². The van der Waals surface area contributed by atoms with Crippen molar-refractivity contribution in [3.05, 3.63) is 47.5 Å². The highest BCUT2D eigenvalue weighted by atomic mass is 16.7. The summed E-state index contributed by atoms with van der Waals surface area (Å²) < 4.78 is 31.5. The summed E-state index contributed by atoms with van der Waals surface area (Å²) in [7, 11) is 2.62. The maximum atomic E-state index is 12.7. The van der Waals surface area contributed by atoms with Crippen molar-refractivity contribution in [2.24, 2.45) is 11.8 Å². The van der Waals surface area contributed by atoms with Crippen molar-refractivity contribution in [3.63, 3.8) is 0 Å². The molecule has 0 N–H and O–H groups in total. The van der Waals surface area contributed by atoms with Crippen LogP contribution in [0.15, 0.2) is 36.4 Å². The molecule has 0 radical (unpaired) electrons. The molecule has 8 heteroatoms. The first kappa shape index (κ1) is 19.9. The Bertz CT molecular complexity index is 877. The molecule has 0 aliphatic carbocycles. The van der Waals surface area contributed by atoms with Gasteiger partial charge in [-0.3, -0.25) is 9.59 Å². The van der Waals surface area contributed by atoms with Crippen molar-refractivity contribution in [1.82, 2.24) is 0 Å². The maximum absolute atomic E-state index is 12.7. The second-order valence-electron chi connectivity index (χ2n) is 7.04. The molecule has 2 atom stereocenters. The van der Waals surface area contributed by atoms with Crippen molar-refractivity contribution in [1.29, 1.82) is 0 Å². The lowest BCUT2D eigenvalue weighted by molar-refractivity contribution is -0.157. The number of rotatable bonds is 7. The van der Waals surface area contributed by atoms with Crippen LogP contribution in [0.2, 0.25) is 0 Å². The van der Waals surface area contributed by atoms with Crippen LogP contribution in [0.25, 0.3) is 0 Å². The molecule has 2 aliphatic rings. The molecule has 0 fully saturated rings. The maximum Gasteiger partial charge on any atom is 0.309 e. The number of esters is 2. The monoisotopic (exact) mass is 414 g/mol. The molecule has 2 aromatic rings. The Hall–Kier alpha value is -3.42. The molecule has 8 nitrogen and oxygen atoms in total. The fraction of sp³-hybridized carbons (Fsp3) is 0.364. The zero-order chi connectivity index (χ0) is 21.1. The number of hydrogen-bond acceptors (Lipinski definition) is 8. The van der Waals surface area contributed by atoms with E-state index in [1.54, 1.807) is 12.1 Å². The van der Waals surface area contributed by atoms with E-state index in [4.69, 9.17) is 28.4 Å². The van der Waals surface area contributed by atoms with E-state index in [-0.39, 0.29) is 26.4 Å². The minimum Gasteiger partial charge on any atom is -0.469 e. The van der Waals surface area contributed by atoms with Crippen LogP contribution in [0.4, 0.5) is 0 Å². The molecule has 0 aromatic heterocycles. The Morgan fingerprint density at radius 1 is 0.733 bits per heavy atom. The first-order valence-electron chi connectivity index (χ1n) is 9.51. The van der Waals surface area contributed by atoms with Crippen LogP contribution in [0.5, 0.6) is 23.0 Å². The highest BCUT2D eigenvalue weighted by Crippen LogP contribution is 2.36. The van der Waals surface area contributed by atoms with Crippen molar-refractivity contribution < 1.29 is 38.0 Å². The first-order valence-corrected chi connectivity index (χ1v) is 9.51. The smallest absolute Gasteiger partial charge is 0.309 e. The van der Waals surface area contributed by atoms with Gasteiger partial charge in [0.25, 0.3) is 0 Å². The first-order chi connectivity index (χ1) is 14.6. The molecule has 2 aliphatic heterocycles. The van der Waals surface area contributed by atoms with Gasteiger partial charge in [-0.2, -0.15) is 0 Å². The minimum atomic E-state index is -0.742. The zero-order valence-corrected chi connectivity index (χ0v) is 16.7. The van der Waals surface area contributed by atoms with Crippen LogP contribution < -0.4 is 18.9 Å². The van der Waals surface area contributed by atoms with Crippen molar-refractivity contribution in [2.45, 2.75) is 12.8 Å². The molecule has 2 unspecified atom stereocenters. The number of hydrogen-bond donors (Lipinski definition) is 0. The normalized spacial score (nSPS) is 15.4. The quantitative estimate of drug-likeness (QED) is 0.639. The summed E-state index contributed by atoms with van der Waals surface area (Å²) in [6, 6.07) is 10.9. The molecular weight excluding hydrogens is 392 g/mol. The SMILES string of the molecule is COC(=O)C(Cc1ccc2c(c1)OCO2)C(Cc1ccc2c(c1)OCO2)C(=O)OC. The lowest BCUT2D eigenvalue weighted by atomic mass is 9.82. The molecule has 0 saturated heterocycles. The lowest BCUT2D eigenvalue weighted by Crippen LogP contribution is -2.34. The van der Waals surface area contributed by atoms with Gasteiger partial charge in [0, 0.05) is 0 Å². The average Bonchev–Trinajstić information content (AvgIpc) is 3.43. The summed E-state index contributed by atoms with van der Waals surface area (Å²) in [6.45, 7) is 0.322. The molecule has 0 saturated carbocycles.